The van der Waals surface area contributed by atoms with Crippen molar-refractivity contribution in [1.82, 2.24) is 0 Å². The van der Waals surface area contributed by atoms with Crippen molar-refractivity contribution in [1.29, 1.82) is 5.41 Å². The van der Waals surface area contributed by atoms with Gasteiger partial charge in [0.15, 0.2) is 0 Å². The van der Waals surface area contributed by atoms with E-state index < -0.39 is 0 Å². The second-order valence-electron chi connectivity index (χ2n) is 3.80. The highest BCUT2D eigenvalue weighted by Gasteiger charge is 2.05. The third-order valence-electron chi connectivity index (χ3n) is 2.47. The molecule has 0 amide bonds. The van der Waals surface area contributed by atoms with E-state index in [1.165, 1.54) is 0 Å². The molecule has 18 heavy (non-hydrogen) atoms. The lowest BCUT2D eigenvalue weighted by atomic mass is 10.4. The van der Waals surface area contributed by atoms with Crippen molar-refractivity contribution in [3.8, 4) is 0 Å². The maximum Gasteiger partial charge on any atom is 0.128 e. The molecule has 2 rings (SSSR count). The standard InChI is InChI=1S/C15H16N2S/c1-2-15(16)17-18(13-9-5-3-6-10-13)14-11-7-4-8-12-14/h3-12,16H,2H2,1H3. The van der Waals surface area contributed by atoms with Crippen LogP contribution in [0.1, 0.15) is 13.3 Å². The largest absolute Gasteiger partial charge is 0.286 e. The molecule has 0 fully saturated rings. The van der Waals surface area contributed by atoms with Crippen LogP contribution in [0.5, 0.6) is 0 Å². The highest BCUT2D eigenvalue weighted by atomic mass is 32.2. The van der Waals surface area contributed by atoms with Gasteiger partial charge in [-0.15, -0.1) is 0 Å². The average Bonchev–Trinajstić information content (AvgIpc) is 2.46. The minimum absolute atomic E-state index is 0.381. The normalized spacial score (nSPS) is 10.3. The van der Waals surface area contributed by atoms with Gasteiger partial charge in [0.2, 0.25) is 0 Å². The van der Waals surface area contributed by atoms with Crippen LogP contribution in [0.2, 0.25) is 0 Å². The van der Waals surface area contributed by atoms with E-state index >= 15 is 0 Å². The molecule has 0 unspecified atom stereocenters. The Balaban J connectivity index is 2.49. The van der Waals surface area contributed by atoms with Crippen LogP contribution in [0.15, 0.2) is 74.8 Å². The number of rotatable bonds is 3. The van der Waals surface area contributed by atoms with Crippen LogP contribution in [0, 0.1) is 5.41 Å². The van der Waals surface area contributed by atoms with E-state index in [1.807, 2.05) is 43.3 Å². The molecule has 2 aromatic carbocycles. The molecule has 3 heteroatoms. The highest BCUT2D eigenvalue weighted by molar-refractivity contribution is 7.87. The van der Waals surface area contributed by atoms with Gasteiger partial charge in [-0.25, -0.2) is 4.36 Å². The van der Waals surface area contributed by atoms with Crippen molar-refractivity contribution < 1.29 is 0 Å². The smallest absolute Gasteiger partial charge is 0.128 e. The second kappa shape index (κ2) is 6.26. The molecule has 0 bridgehead atoms. The summed E-state index contributed by atoms with van der Waals surface area (Å²) in [5.41, 5.74) is 0. The third-order valence-corrected chi connectivity index (χ3v) is 4.31. The zero-order chi connectivity index (χ0) is 12.8. The van der Waals surface area contributed by atoms with E-state index in [1.54, 1.807) is 0 Å². The average molecular weight is 256 g/mol. The van der Waals surface area contributed by atoms with Crippen LogP contribution in [0.3, 0.4) is 0 Å². The van der Waals surface area contributed by atoms with Gasteiger partial charge >= 0.3 is 0 Å². The Hall–Kier alpha value is -1.74. The molecule has 92 valence electrons. The molecule has 0 saturated carbocycles. The van der Waals surface area contributed by atoms with Gasteiger partial charge in [0.25, 0.3) is 0 Å². The van der Waals surface area contributed by atoms with Crippen LogP contribution in [-0.4, -0.2) is 5.84 Å². The summed E-state index contributed by atoms with van der Waals surface area (Å²) < 4.78 is 4.55. The molecule has 0 atom stereocenters. The Morgan fingerprint density at radius 3 is 1.78 bits per heavy atom. The quantitative estimate of drug-likeness (QED) is 0.628. The lowest BCUT2D eigenvalue weighted by molar-refractivity contribution is 1.21. The highest BCUT2D eigenvalue weighted by Crippen LogP contribution is 2.18. The number of benzene rings is 2. The van der Waals surface area contributed by atoms with Crippen LogP contribution in [-0.2, 0) is 10.7 Å². The Bertz CT molecular complexity index is 506. The van der Waals surface area contributed by atoms with Gasteiger partial charge in [0.1, 0.15) is 5.84 Å². The zero-order valence-corrected chi connectivity index (χ0v) is 11.2. The summed E-state index contributed by atoms with van der Waals surface area (Å²) in [6.45, 7) is 1.96. The number of amidine groups is 1. The van der Waals surface area contributed by atoms with Crippen molar-refractivity contribution in [3.63, 3.8) is 0 Å². The molecule has 0 radical (unpaired) electrons. The van der Waals surface area contributed by atoms with E-state index in [9.17, 15) is 0 Å². The first-order valence-electron chi connectivity index (χ1n) is 5.95. The van der Waals surface area contributed by atoms with Gasteiger partial charge in [0, 0.05) is 16.2 Å². The maximum atomic E-state index is 7.81. The summed E-state index contributed by atoms with van der Waals surface area (Å²) in [6.07, 6.45) is 0.670. The molecule has 0 spiro atoms. The SMILES string of the molecule is CCC(=N)N=S(c1ccccc1)c1ccccc1. The van der Waals surface area contributed by atoms with Crippen molar-refractivity contribution in [2.24, 2.45) is 4.36 Å². The minimum Gasteiger partial charge on any atom is -0.286 e. The molecular weight excluding hydrogens is 240 g/mol. The Morgan fingerprint density at radius 1 is 0.944 bits per heavy atom. The predicted molar refractivity (Wildman–Crippen MR) is 77.2 cm³/mol. The van der Waals surface area contributed by atoms with Gasteiger partial charge in [-0.2, -0.15) is 0 Å². The van der Waals surface area contributed by atoms with E-state index in [2.05, 4.69) is 28.6 Å². The first-order chi connectivity index (χ1) is 8.81. The van der Waals surface area contributed by atoms with Crippen molar-refractivity contribution in [3.05, 3.63) is 60.7 Å². The van der Waals surface area contributed by atoms with Crippen molar-refractivity contribution in [2.75, 3.05) is 0 Å². The molecular formula is C15H16N2S. The van der Waals surface area contributed by atoms with E-state index in [0.717, 1.165) is 9.79 Å². The summed E-state index contributed by atoms with van der Waals surface area (Å²) in [7, 11) is -0.381. The fourth-order valence-electron chi connectivity index (χ4n) is 1.52. The number of nitrogens with one attached hydrogen (secondary N) is 1. The van der Waals surface area contributed by atoms with Gasteiger partial charge < -0.3 is 0 Å². The first-order valence-corrected chi connectivity index (χ1v) is 7.13. The Kier molecular flexibility index (Phi) is 4.42. The fourth-order valence-corrected chi connectivity index (χ4v) is 3.18. The van der Waals surface area contributed by atoms with Crippen LogP contribution >= 0.6 is 0 Å². The number of nitrogens with zero attached hydrogens (tertiary/aromatic N) is 1. The lowest BCUT2D eigenvalue weighted by Gasteiger charge is -2.08. The number of hydrogen-bond acceptors (Lipinski definition) is 1. The predicted octanol–water partition coefficient (Wildman–Crippen LogP) is 4.29. The summed E-state index contributed by atoms with van der Waals surface area (Å²) in [5.74, 6) is 0.450. The monoisotopic (exact) mass is 256 g/mol. The minimum atomic E-state index is -0.381. The molecule has 2 nitrogen and oxygen atoms in total. The summed E-state index contributed by atoms with van der Waals surface area (Å²) in [6, 6.07) is 20.4. The van der Waals surface area contributed by atoms with Crippen LogP contribution in [0.4, 0.5) is 0 Å². The molecule has 0 heterocycles. The molecule has 1 N–H and O–H groups in total. The lowest BCUT2D eigenvalue weighted by Crippen LogP contribution is -1.97. The fraction of sp³-hybridized carbons (Fsp3) is 0.133. The van der Waals surface area contributed by atoms with E-state index in [4.69, 9.17) is 5.41 Å². The van der Waals surface area contributed by atoms with Crippen molar-refractivity contribution in [2.45, 2.75) is 23.1 Å². The van der Waals surface area contributed by atoms with Gasteiger partial charge in [-0.3, -0.25) is 5.41 Å². The topological polar surface area (TPSA) is 36.2 Å². The molecule has 0 aliphatic carbocycles. The maximum absolute atomic E-state index is 7.81. The van der Waals surface area contributed by atoms with Gasteiger partial charge in [0.05, 0.1) is 0 Å². The van der Waals surface area contributed by atoms with Gasteiger partial charge in [-0.1, -0.05) is 43.3 Å². The molecule has 0 saturated heterocycles. The Labute approximate surface area is 110 Å². The number of hydrogen-bond donors (Lipinski definition) is 1. The summed E-state index contributed by atoms with van der Waals surface area (Å²) >= 11 is 0. The Morgan fingerprint density at radius 2 is 1.39 bits per heavy atom. The van der Waals surface area contributed by atoms with Crippen molar-refractivity contribution >= 4 is 16.5 Å². The van der Waals surface area contributed by atoms with E-state index in [0.29, 0.717) is 12.3 Å². The zero-order valence-electron chi connectivity index (χ0n) is 10.3. The molecule has 2 aromatic rings. The molecule has 0 aliphatic rings. The third kappa shape index (κ3) is 3.14. The van der Waals surface area contributed by atoms with E-state index in [-0.39, 0.29) is 10.7 Å². The van der Waals surface area contributed by atoms with Gasteiger partial charge in [-0.05, 0) is 35.0 Å². The van der Waals surface area contributed by atoms with Crippen LogP contribution in [0.25, 0.3) is 0 Å². The van der Waals surface area contributed by atoms with Crippen LogP contribution < -0.4 is 0 Å². The first kappa shape index (κ1) is 12.7. The molecule has 0 aliphatic heterocycles. The molecule has 0 aromatic heterocycles. The second-order valence-corrected chi connectivity index (χ2v) is 5.50. The summed E-state index contributed by atoms with van der Waals surface area (Å²) in [4.78, 5) is 2.31. The summed E-state index contributed by atoms with van der Waals surface area (Å²) in [5, 5.41) is 7.81.